The van der Waals surface area contributed by atoms with Crippen LogP contribution < -0.4 is 5.73 Å². The Kier molecular flexibility index (Phi) is 3.05. The van der Waals surface area contributed by atoms with E-state index in [1.165, 1.54) is 17.8 Å². The minimum Gasteiger partial charge on any atom is -0.330 e. The number of aryl methyl sites for hydroxylation is 1. The van der Waals surface area contributed by atoms with Crippen molar-refractivity contribution >= 4 is 0 Å². The average molecular weight is 208 g/mol. The molecule has 4 nitrogen and oxygen atoms in total. The summed E-state index contributed by atoms with van der Waals surface area (Å²) < 4.78 is 2.07. The van der Waals surface area contributed by atoms with Gasteiger partial charge in [0.25, 0.3) is 0 Å². The van der Waals surface area contributed by atoms with E-state index < -0.39 is 0 Å². The normalized spacial score (nSPS) is 20.7. The lowest BCUT2D eigenvalue weighted by Crippen LogP contribution is -2.20. The average Bonchev–Trinajstić information content (AvgIpc) is 2.61. The molecule has 0 saturated carbocycles. The fraction of sp³-hybridized carbons (Fsp3) is 0.818. The van der Waals surface area contributed by atoms with Gasteiger partial charge >= 0.3 is 0 Å². The van der Waals surface area contributed by atoms with Gasteiger partial charge in [-0.25, -0.2) is 4.68 Å². The summed E-state index contributed by atoms with van der Waals surface area (Å²) in [5.74, 6) is 0.735. The lowest BCUT2D eigenvalue weighted by molar-refractivity contribution is 0.402. The van der Waals surface area contributed by atoms with Crippen molar-refractivity contribution < 1.29 is 0 Å². The number of aromatic nitrogens is 3. The van der Waals surface area contributed by atoms with Gasteiger partial charge < -0.3 is 5.73 Å². The van der Waals surface area contributed by atoms with E-state index in [9.17, 15) is 0 Å². The van der Waals surface area contributed by atoms with Gasteiger partial charge in [-0.2, -0.15) is 0 Å². The van der Waals surface area contributed by atoms with Crippen molar-refractivity contribution in [3.05, 3.63) is 11.4 Å². The lowest BCUT2D eigenvalue weighted by atomic mass is 9.87. The molecule has 4 heteroatoms. The third-order valence-corrected chi connectivity index (χ3v) is 3.21. The molecule has 1 unspecified atom stereocenters. The van der Waals surface area contributed by atoms with Gasteiger partial charge in [0.1, 0.15) is 0 Å². The summed E-state index contributed by atoms with van der Waals surface area (Å²) in [5, 5.41) is 8.48. The van der Waals surface area contributed by atoms with E-state index in [0.29, 0.717) is 6.04 Å². The molecule has 1 aliphatic carbocycles. The van der Waals surface area contributed by atoms with Crippen LogP contribution >= 0.6 is 0 Å². The Morgan fingerprint density at radius 2 is 2.33 bits per heavy atom. The molecule has 84 valence electrons. The summed E-state index contributed by atoms with van der Waals surface area (Å²) in [6.45, 7) is 5.10. The number of rotatable bonds is 3. The van der Waals surface area contributed by atoms with Crippen molar-refractivity contribution in [3.63, 3.8) is 0 Å². The molecule has 0 saturated heterocycles. The first-order valence-corrected chi connectivity index (χ1v) is 5.85. The number of fused-ring (bicyclic) bond motifs is 1. The Morgan fingerprint density at radius 1 is 1.53 bits per heavy atom. The van der Waals surface area contributed by atoms with E-state index >= 15 is 0 Å². The summed E-state index contributed by atoms with van der Waals surface area (Å²) in [4.78, 5) is 0. The van der Waals surface area contributed by atoms with E-state index in [1.807, 2.05) is 0 Å². The lowest BCUT2D eigenvalue weighted by Gasteiger charge is -2.22. The van der Waals surface area contributed by atoms with E-state index in [4.69, 9.17) is 5.73 Å². The number of hydrogen-bond acceptors (Lipinski definition) is 3. The zero-order chi connectivity index (χ0) is 10.8. The summed E-state index contributed by atoms with van der Waals surface area (Å²) in [6, 6.07) is 0.415. The van der Waals surface area contributed by atoms with Crippen LogP contribution in [0.1, 0.15) is 44.1 Å². The zero-order valence-electron chi connectivity index (χ0n) is 9.61. The molecule has 0 bridgehead atoms. The number of nitrogens with zero attached hydrogens (tertiary/aromatic N) is 3. The summed E-state index contributed by atoms with van der Waals surface area (Å²) in [6.07, 6.45) is 4.54. The summed E-state index contributed by atoms with van der Waals surface area (Å²) >= 11 is 0. The third-order valence-electron chi connectivity index (χ3n) is 3.21. The highest BCUT2D eigenvalue weighted by Crippen LogP contribution is 2.27. The third kappa shape index (κ3) is 2.04. The monoisotopic (exact) mass is 208 g/mol. The molecule has 15 heavy (non-hydrogen) atoms. The molecule has 1 aliphatic rings. The topological polar surface area (TPSA) is 56.7 Å². The van der Waals surface area contributed by atoms with Crippen LogP contribution in [0.25, 0.3) is 0 Å². The van der Waals surface area contributed by atoms with Crippen LogP contribution in [0.2, 0.25) is 0 Å². The quantitative estimate of drug-likeness (QED) is 0.815. The Bertz CT molecular complexity index is 329. The van der Waals surface area contributed by atoms with Crippen LogP contribution in [0.5, 0.6) is 0 Å². The molecule has 0 aromatic carbocycles. The van der Waals surface area contributed by atoms with Crippen molar-refractivity contribution in [2.45, 2.75) is 45.6 Å². The molecule has 0 amide bonds. The zero-order valence-corrected chi connectivity index (χ0v) is 9.61. The highest BCUT2D eigenvalue weighted by molar-refractivity contribution is 5.15. The van der Waals surface area contributed by atoms with Crippen molar-refractivity contribution in [1.82, 2.24) is 15.0 Å². The van der Waals surface area contributed by atoms with Gasteiger partial charge in [0, 0.05) is 6.04 Å². The Hall–Kier alpha value is -0.900. The SMILES string of the molecule is CC(C)n1nnc2c1CC(CCN)CC2. The van der Waals surface area contributed by atoms with Crippen LogP contribution in [-0.4, -0.2) is 21.5 Å². The minimum atomic E-state index is 0.415. The van der Waals surface area contributed by atoms with Crippen molar-refractivity contribution in [2.24, 2.45) is 11.7 Å². The molecular formula is C11H20N4. The van der Waals surface area contributed by atoms with Gasteiger partial charge in [-0.1, -0.05) is 5.21 Å². The summed E-state index contributed by atoms with van der Waals surface area (Å²) in [7, 11) is 0. The molecule has 0 fully saturated rings. The Labute approximate surface area is 90.8 Å². The predicted molar refractivity (Wildman–Crippen MR) is 59.6 cm³/mol. The first-order valence-electron chi connectivity index (χ1n) is 5.85. The van der Waals surface area contributed by atoms with Gasteiger partial charge in [-0.05, 0) is 52.0 Å². The molecular weight excluding hydrogens is 188 g/mol. The first kappa shape index (κ1) is 10.6. The number of nitrogens with two attached hydrogens (primary N) is 1. The highest BCUT2D eigenvalue weighted by Gasteiger charge is 2.24. The maximum Gasteiger partial charge on any atom is 0.0859 e. The van der Waals surface area contributed by atoms with Gasteiger partial charge in [-0.3, -0.25) is 0 Å². The minimum absolute atomic E-state index is 0.415. The van der Waals surface area contributed by atoms with E-state index in [2.05, 4.69) is 28.8 Å². The second kappa shape index (κ2) is 4.31. The second-order valence-electron chi connectivity index (χ2n) is 4.71. The first-order chi connectivity index (χ1) is 7.22. The van der Waals surface area contributed by atoms with Crippen LogP contribution in [0.4, 0.5) is 0 Å². The van der Waals surface area contributed by atoms with E-state index in [-0.39, 0.29) is 0 Å². The van der Waals surface area contributed by atoms with E-state index in [0.717, 1.165) is 31.7 Å². The van der Waals surface area contributed by atoms with Gasteiger partial charge in [0.15, 0.2) is 0 Å². The maximum absolute atomic E-state index is 5.61. The molecule has 1 heterocycles. The highest BCUT2D eigenvalue weighted by atomic mass is 15.4. The van der Waals surface area contributed by atoms with E-state index in [1.54, 1.807) is 0 Å². The predicted octanol–water partition coefficient (Wildman–Crippen LogP) is 1.31. The molecule has 0 radical (unpaired) electrons. The fourth-order valence-corrected chi connectivity index (χ4v) is 2.37. The molecule has 1 aromatic rings. The Balaban J connectivity index is 2.18. The van der Waals surface area contributed by atoms with Crippen molar-refractivity contribution in [1.29, 1.82) is 0 Å². The molecule has 1 atom stereocenters. The summed E-state index contributed by atoms with van der Waals surface area (Å²) in [5.41, 5.74) is 8.16. The smallest absolute Gasteiger partial charge is 0.0859 e. The number of hydrogen-bond donors (Lipinski definition) is 1. The van der Waals surface area contributed by atoms with Crippen LogP contribution in [0.15, 0.2) is 0 Å². The van der Waals surface area contributed by atoms with Crippen molar-refractivity contribution in [3.8, 4) is 0 Å². The standard InChI is InChI=1S/C11H20N4/c1-8(2)15-11-7-9(5-6-12)3-4-10(11)13-14-15/h8-9H,3-7,12H2,1-2H3. The van der Waals surface area contributed by atoms with Gasteiger partial charge in [0.2, 0.25) is 0 Å². The Morgan fingerprint density at radius 3 is 3.00 bits per heavy atom. The molecule has 0 spiro atoms. The second-order valence-corrected chi connectivity index (χ2v) is 4.71. The largest absolute Gasteiger partial charge is 0.330 e. The molecule has 1 aromatic heterocycles. The molecule has 0 aliphatic heterocycles. The van der Waals surface area contributed by atoms with Crippen LogP contribution in [-0.2, 0) is 12.8 Å². The fourth-order valence-electron chi connectivity index (χ4n) is 2.37. The van der Waals surface area contributed by atoms with Crippen molar-refractivity contribution in [2.75, 3.05) is 6.54 Å². The van der Waals surface area contributed by atoms with Gasteiger partial charge in [0.05, 0.1) is 11.4 Å². The van der Waals surface area contributed by atoms with Crippen LogP contribution in [0.3, 0.4) is 0 Å². The van der Waals surface area contributed by atoms with Gasteiger partial charge in [-0.15, -0.1) is 5.10 Å². The molecule has 2 N–H and O–H groups in total. The van der Waals surface area contributed by atoms with Crippen LogP contribution in [0, 0.1) is 5.92 Å². The molecule has 2 rings (SSSR count). The maximum atomic E-state index is 5.61.